The first kappa shape index (κ1) is 15.7. The summed E-state index contributed by atoms with van der Waals surface area (Å²) in [6.45, 7) is 0. The van der Waals surface area contributed by atoms with Gasteiger partial charge in [-0.3, -0.25) is 0 Å². The molecule has 9 aromatic rings. The van der Waals surface area contributed by atoms with Crippen LogP contribution in [0.25, 0.3) is 88.0 Å². The van der Waals surface area contributed by atoms with Crippen LogP contribution in [0.15, 0.2) is 174 Å². The summed E-state index contributed by atoms with van der Waals surface area (Å²) in [7, 11) is 0. The molecule has 0 radical (unpaired) electrons. The second kappa shape index (κ2) is 10.4. The molecule has 1 heterocycles. The van der Waals surface area contributed by atoms with Crippen LogP contribution in [0.5, 0.6) is 0 Å². The van der Waals surface area contributed by atoms with Gasteiger partial charge < -0.3 is 4.42 Å². The lowest BCUT2D eigenvalue weighted by Crippen LogP contribution is -1.92. The standard InChI is InChI=1S/C44H28O/c1-3-14-29(15-4-1)31-18-13-19-32(26-31)42-34-20-7-9-22-36(34)43(37-23-10-8-21-35(37)42)39-27-33(30-16-5-2-6-17-30)28-41-44(39)38-24-11-12-25-40(38)45-41/h1-28H/i2D,7D,8D,9D,10D,13D,18D,19D,20D,21D,22D,23D,26D. The first-order valence-corrected chi connectivity index (χ1v) is 14.4. The van der Waals surface area contributed by atoms with E-state index in [4.69, 9.17) is 14.0 Å². The molecule has 0 saturated carbocycles. The van der Waals surface area contributed by atoms with Crippen LogP contribution in [-0.2, 0) is 0 Å². The van der Waals surface area contributed by atoms with Crippen LogP contribution in [-0.4, -0.2) is 0 Å². The van der Waals surface area contributed by atoms with Crippen LogP contribution in [0, 0.1) is 0 Å². The summed E-state index contributed by atoms with van der Waals surface area (Å²) >= 11 is 0. The van der Waals surface area contributed by atoms with E-state index < -0.39 is 72.5 Å². The lowest BCUT2D eigenvalue weighted by atomic mass is 9.83. The molecule has 0 aliphatic rings. The largest absolute Gasteiger partial charge is 0.456 e. The Hall–Kier alpha value is -5.92. The Morgan fingerprint density at radius 2 is 1.00 bits per heavy atom. The van der Waals surface area contributed by atoms with Gasteiger partial charge in [-0.1, -0.05) is 145 Å². The molecule has 0 fully saturated rings. The van der Waals surface area contributed by atoms with Crippen LogP contribution in [0.3, 0.4) is 0 Å². The van der Waals surface area contributed by atoms with Gasteiger partial charge in [-0.25, -0.2) is 0 Å². The van der Waals surface area contributed by atoms with E-state index in [-0.39, 0.29) is 49.8 Å². The van der Waals surface area contributed by atoms with Crippen molar-refractivity contribution < 1.29 is 22.2 Å². The Balaban J connectivity index is 1.61. The SMILES string of the molecule is [2H]c1ccc(-c2cc(-c3c4c([2H])c([2H])c([2H])c([2H])c4c(-c4c([2H])c([2H])c([2H])c(-c5ccccc5)c4[2H])c4c([2H])c([2H])c([2H])c([2H])c34)c3c(c2)oc2ccccc23)cc1. The summed E-state index contributed by atoms with van der Waals surface area (Å²) in [6, 6.07) is 19.4. The zero-order valence-corrected chi connectivity index (χ0v) is 23.6. The minimum atomic E-state index is -0.655. The van der Waals surface area contributed by atoms with Gasteiger partial charge in [0.1, 0.15) is 11.2 Å². The number of para-hydroxylation sites is 1. The van der Waals surface area contributed by atoms with E-state index in [0.717, 1.165) is 0 Å². The van der Waals surface area contributed by atoms with Crippen LogP contribution < -0.4 is 0 Å². The molecule has 1 nitrogen and oxygen atoms in total. The number of rotatable bonds is 4. The van der Waals surface area contributed by atoms with Crippen molar-refractivity contribution in [1.29, 1.82) is 0 Å². The second-order valence-corrected chi connectivity index (χ2v) is 10.6. The Kier molecular flexibility index (Phi) is 3.62. The highest BCUT2D eigenvalue weighted by molar-refractivity contribution is 6.26. The molecule has 0 unspecified atom stereocenters. The fourth-order valence-corrected chi connectivity index (χ4v) is 6.16. The highest BCUT2D eigenvalue weighted by Crippen LogP contribution is 2.48. The first-order chi connectivity index (χ1) is 27.7. The van der Waals surface area contributed by atoms with Crippen molar-refractivity contribution in [2.24, 2.45) is 0 Å². The summed E-state index contributed by atoms with van der Waals surface area (Å²) in [4.78, 5) is 0. The van der Waals surface area contributed by atoms with Crippen molar-refractivity contribution in [3.8, 4) is 44.5 Å². The molecule has 0 spiro atoms. The van der Waals surface area contributed by atoms with Crippen LogP contribution in [0.1, 0.15) is 17.8 Å². The fourth-order valence-electron chi connectivity index (χ4n) is 6.16. The first-order valence-electron chi connectivity index (χ1n) is 20.9. The number of furan rings is 1. The Labute approximate surface area is 279 Å². The Morgan fingerprint density at radius 1 is 0.400 bits per heavy atom. The molecule has 0 amide bonds. The zero-order chi connectivity index (χ0) is 41.1. The molecular weight excluding hydrogens is 544 g/mol. The van der Waals surface area contributed by atoms with Gasteiger partial charge in [0.25, 0.3) is 0 Å². The molecule has 1 heteroatoms. The van der Waals surface area contributed by atoms with Crippen LogP contribution >= 0.6 is 0 Å². The quantitative estimate of drug-likeness (QED) is 0.187. The molecule has 0 aliphatic carbocycles. The Bertz CT molecular complexity index is 3170. The van der Waals surface area contributed by atoms with Crippen molar-refractivity contribution in [3.63, 3.8) is 0 Å². The molecule has 0 bridgehead atoms. The summed E-state index contributed by atoms with van der Waals surface area (Å²) in [5.41, 5.74) is 2.31. The molecule has 1 aromatic heterocycles. The van der Waals surface area contributed by atoms with Gasteiger partial charge in [0.05, 0.1) is 17.8 Å². The van der Waals surface area contributed by atoms with Crippen LogP contribution in [0.4, 0.5) is 0 Å². The third-order valence-electron chi connectivity index (χ3n) is 8.11. The molecular formula is C44H28O. The number of hydrogen-bond donors (Lipinski definition) is 0. The average molecular weight is 586 g/mol. The molecule has 0 saturated heterocycles. The molecule has 0 N–H and O–H groups in total. The molecule has 8 aromatic carbocycles. The van der Waals surface area contributed by atoms with E-state index in [1.165, 1.54) is 0 Å². The maximum absolute atomic E-state index is 9.59. The number of hydrogen-bond acceptors (Lipinski definition) is 1. The monoisotopic (exact) mass is 585 g/mol. The van der Waals surface area contributed by atoms with Gasteiger partial charge in [-0.05, 0) is 90.3 Å². The van der Waals surface area contributed by atoms with Gasteiger partial charge in [0.2, 0.25) is 0 Å². The van der Waals surface area contributed by atoms with Crippen molar-refractivity contribution >= 4 is 43.5 Å². The predicted molar refractivity (Wildman–Crippen MR) is 190 cm³/mol. The predicted octanol–water partition coefficient (Wildman–Crippen LogP) is 12.6. The van der Waals surface area contributed by atoms with E-state index in [1.807, 2.05) is 18.2 Å². The molecule has 210 valence electrons. The van der Waals surface area contributed by atoms with Gasteiger partial charge in [-0.15, -0.1) is 0 Å². The van der Waals surface area contributed by atoms with Crippen molar-refractivity contribution in [1.82, 2.24) is 0 Å². The third-order valence-corrected chi connectivity index (χ3v) is 8.11. The average Bonchev–Trinajstić information content (AvgIpc) is 3.61. The normalized spacial score (nSPS) is 15.6. The summed E-state index contributed by atoms with van der Waals surface area (Å²) < 4.78 is 125. The maximum Gasteiger partial charge on any atom is 0.136 e. The second-order valence-electron chi connectivity index (χ2n) is 10.6. The summed E-state index contributed by atoms with van der Waals surface area (Å²) in [5.74, 6) is 0. The highest BCUT2D eigenvalue weighted by Gasteiger charge is 2.21. The number of fused-ring (bicyclic) bond motifs is 5. The van der Waals surface area contributed by atoms with E-state index >= 15 is 0 Å². The zero-order valence-electron chi connectivity index (χ0n) is 36.6. The topological polar surface area (TPSA) is 13.1 Å². The lowest BCUT2D eigenvalue weighted by Gasteiger charge is -2.19. The van der Waals surface area contributed by atoms with Crippen LogP contribution in [0.2, 0.25) is 0 Å². The van der Waals surface area contributed by atoms with Crippen molar-refractivity contribution in [2.75, 3.05) is 0 Å². The van der Waals surface area contributed by atoms with Crippen molar-refractivity contribution in [3.05, 3.63) is 170 Å². The molecule has 9 rings (SSSR count). The molecule has 0 aliphatic heterocycles. The summed E-state index contributed by atoms with van der Waals surface area (Å²) in [5, 5.41) is 0.429. The molecule has 0 atom stereocenters. The van der Waals surface area contributed by atoms with E-state index in [9.17, 15) is 8.22 Å². The van der Waals surface area contributed by atoms with Gasteiger partial charge >= 0.3 is 0 Å². The van der Waals surface area contributed by atoms with Crippen molar-refractivity contribution in [2.45, 2.75) is 0 Å². The lowest BCUT2D eigenvalue weighted by molar-refractivity contribution is 0.669. The minimum absolute atomic E-state index is 0.0263. The summed E-state index contributed by atoms with van der Waals surface area (Å²) in [6.07, 6.45) is 0. The van der Waals surface area contributed by atoms with E-state index in [0.29, 0.717) is 44.2 Å². The minimum Gasteiger partial charge on any atom is -0.456 e. The van der Waals surface area contributed by atoms with Gasteiger partial charge in [0, 0.05) is 10.8 Å². The Morgan fingerprint density at radius 3 is 1.73 bits per heavy atom. The maximum atomic E-state index is 9.59. The van der Waals surface area contributed by atoms with Gasteiger partial charge in [-0.2, -0.15) is 0 Å². The fraction of sp³-hybridized carbons (Fsp3) is 0. The van der Waals surface area contributed by atoms with E-state index in [2.05, 4.69) is 0 Å². The molecule has 45 heavy (non-hydrogen) atoms. The smallest absolute Gasteiger partial charge is 0.136 e. The third kappa shape index (κ3) is 4.17. The highest BCUT2D eigenvalue weighted by atomic mass is 16.3. The number of benzene rings is 8. The van der Waals surface area contributed by atoms with E-state index in [1.54, 1.807) is 72.8 Å². The van der Waals surface area contributed by atoms with Gasteiger partial charge in [0.15, 0.2) is 0 Å².